The molecule has 2 heteroatoms. The van der Waals surface area contributed by atoms with Crippen molar-refractivity contribution in [2.75, 3.05) is 0 Å². The van der Waals surface area contributed by atoms with Crippen LogP contribution in [0.25, 0.3) is 32.9 Å². The molecule has 0 unspecified atom stereocenters. The van der Waals surface area contributed by atoms with E-state index in [1.807, 2.05) is 18.5 Å². The summed E-state index contributed by atoms with van der Waals surface area (Å²) in [5.74, 6) is 0. The lowest BCUT2D eigenvalue weighted by Crippen LogP contribution is -2.04. The normalized spacial score (nSPS) is 12.6. The van der Waals surface area contributed by atoms with Gasteiger partial charge in [-0.1, -0.05) is 42.5 Å². The first-order valence-electron chi connectivity index (χ1n) is 7.15. The molecule has 0 saturated heterocycles. The molecule has 1 aliphatic carbocycles. The van der Waals surface area contributed by atoms with E-state index < -0.39 is 0 Å². The van der Waals surface area contributed by atoms with Crippen LogP contribution < -0.4 is 0 Å². The highest BCUT2D eigenvalue weighted by Crippen LogP contribution is 2.40. The number of nitrogens with zero attached hydrogens (tertiary/aromatic N) is 2. The van der Waals surface area contributed by atoms with Gasteiger partial charge in [-0.05, 0) is 28.0 Å². The van der Waals surface area contributed by atoms with Crippen LogP contribution in [0.2, 0.25) is 0 Å². The average Bonchev–Trinajstić information content (AvgIpc) is 2.55. The lowest BCUT2D eigenvalue weighted by Gasteiger charge is -2.21. The summed E-state index contributed by atoms with van der Waals surface area (Å²) in [7, 11) is 0. The molecule has 98 valence electrons. The Morgan fingerprint density at radius 2 is 1.76 bits per heavy atom. The van der Waals surface area contributed by atoms with Gasteiger partial charge in [-0.2, -0.15) is 0 Å². The molecule has 2 aromatic carbocycles. The summed E-state index contributed by atoms with van der Waals surface area (Å²) in [5.41, 5.74) is 6.01. The first-order valence-corrected chi connectivity index (χ1v) is 7.15. The fourth-order valence-corrected chi connectivity index (χ4v) is 3.47. The number of benzene rings is 2. The smallest absolute Gasteiger partial charge is 0.0888 e. The van der Waals surface area contributed by atoms with E-state index in [0.29, 0.717) is 0 Å². The third-order valence-electron chi connectivity index (χ3n) is 4.38. The molecule has 2 nitrogen and oxygen atoms in total. The second kappa shape index (κ2) is 3.89. The number of hydrogen-bond acceptors (Lipinski definition) is 2. The zero-order valence-electron chi connectivity index (χ0n) is 11.4. The van der Waals surface area contributed by atoms with E-state index in [1.54, 1.807) is 0 Å². The Bertz CT molecular complexity index is 1010. The quantitative estimate of drug-likeness (QED) is 0.417. The number of hydrogen-bond donors (Lipinski definition) is 0. The van der Waals surface area contributed by atoms with Crippen LogP contribution >= 0.6 is 0 Å². The van der Waals surface area contributed by atoms with Crippen molar-refractivity contribution in [2.45, 2.75) is 6.42 Å². The summed E-state index contributed by atoms with van der Waals surface area (Å²) < 4.78 is 0. The number of aromatic nitrogens is 2. The van der Waals surface area contributed by atoms with Gasteiger partial charge >= 0.3 is 0 Å². The van der Waals surface area contributed by atoms with Crippen molar-refractivity contribution in [3.8, 4) is 11.3 Å². The molecular formula is C19H12N2. The monoisotopic (exact) mass is 268 g/mol. The predicted molar refractivity (Wildman–Crippen MR) is 85.3 cm³/mol. The highest BCUT2D eigenvalue weighted by Gasteiger charge is 2.20. The van der Waals surface area contributed by atoms with E-state index >= 15 is 0 Å². The predicted octanol–water partition coefficient (Wildman–Crippen LogP) is 4.35. The van der Waals surface area contributed by atoms with Crippen molar-refractivity contribution in [1.82, 2.24) is 9.97 Å². The van der Waals surface area contributed by atoms with E-state index in [4.69, 9.17) is 4.98 Å². The van der Waals surface area contributed by atoms with Gasteiger partial charge < -0.3 is 0 Å². The van der Waals surface area contributed by atoms with E-state index in [-0.39, 0.29) is 0 Å². The maximum Gasteiger partial charge on any atom is 0.0888 e. The van der Waals surface area contributed by atoms with Gasteiger partial charge in [0.2, 0.25) is 0 Å². The average molecular weight is 268 g/mol. The number of pyridine rings is 2. The zero-order valence-corrected chi connectivity index (χ0v) is 11.4. The van der Waals surface area contributed by atoms with E-state index in [1.165, 1.54) is 32.8 Å². The minimum Gasteiger partial charge on any atom is -0.255 e. The maximum atomic E-state index is 4.71. The largest absolute Gasteiger partial charge is 0.255 e. The van der Waals surface area contributed by atoms with Crippen molar-refractivity contribution in [3.63, 3.8) is 0 Å². The van der Waals surface area contributed by atoms with Crippen molar-refractivity contribution >= 4 is 21.7 Å². The second-order valence-electron chi connectivity index (χ2n) is 5.52. The first kappa shape index (κ1) is 11.0. The molecule has 5 rings (SSSR count). The molecule has 0 bridgehead atoms. The van der Waals surface area contributed by atoms with Crippen molar-refractivity contribution in [3.05, 3.63) is 72.1 Å². The van der Waals surface area contributed by atoms with Gasteiger partial charge in [0.15, 0.2) is 0 Å². The zero-order chi connectivity index (χ0) is 13.8. The van der Waals surface area contributed by atoms with Crippen LogP contribution in [0.1, 0.15) is 11.1 Å². The molecular weight excluding hydrogens is 256 g/mol. The van der Waals surface area contributed by atoms with Crippen LogP contribution in [-0.4, -0.2) is 9.97 Å². The summed E-state index contributed by atoms with van der Waals surface area (Å²) in [6, 6.07) is 17.2. The molecule has 0 saturated carbocycles. The topological polar surface area (TPSA) is 25.8 Å². The standard InChI is InChI=1S/C19H12N2/c1-4-12-5-2-7-15-18(12)13(6-1)10-16-14-8-3-9-20-17(14)11-21-19(15)16/h1-9,11H,10H2. The minimum atomic E-state index is 0.930. The summed E-state index contributed by atoms with van der Waals surface area (Å²) in [6.07, 6.45) is 4.65. The van der Waals surface area contributed by atoms with E-state index in [0.717, 1.165) is 17.6 Å². The van der Waals surface area contributed by atoms with Gasteiger partial charge in [0.1, 0.15) is 0 Å². The molecule has 0 radical (unpaired) electrons. The lowest BCUT2D eigenvalue weighted by atomic mass is 9.85. The van der Waals surface area contributed by atoms with Crippen LogP contribution in [0.3, 0.4) is 0 Å². The van der Waals surface area contributed by atoms with E-state index in [2.05, 4.69) is 47.4 Å². The fraction of sp³-hybridized carbons (Fsp3) is 0.0526. The molecule has 4 aromatic rings. The molecule has 0 spiro atoms. The summed E-state index contributed by atoms with van der Waals surface area (Å²) >= 11 is 0. The lowest BCUT2D eigenvalue weighted by molar-refractivity contribution is 1.16. The van der Waals surface area contributed by atoms with Gasteiger partial charge in [-0.25, -0.2) is 0 Å². The third-order valence-corrected chi connectivity index (χ3v) is 4.38. The molecule has 1 aliphatic rings. The van der Waals surface area contributed by atoms with E-state index in [9.17, 15) is 0 Å². The van der Waals surface area contributed by atoms with Gasteiger partial charge in [0, 0.05) is 23.6 Å². The van der Waals surface area contributed by atoms with Gasteiger partial charge in [0.25, 0.3) is 0 Å². The number of fused-ring (bicyclic) bond motifs is 4. The second-order valence-corrected chi connectivity index (χ2v) is 5.52. The van der Waals surface area contributed by atoms with Crippen LogP contribution in [0.15, 0.2) is 60.9 Å². The Labute approximate surface area is 122 Å². The Morgan fingerprint density at radius 1 is 0.857 bits per heavy atom. The van der Waals surface area contributed by atoms with Gasteiger partial charge in [-0.15, -0.1) is 0 Å². The Balaban J connectivity index is 1.98. The Hall–Kier alpha value is -2.74. The van der Waals surface area contributed by atoms with Crippen LogP contribution in [0.4, 0.5) is 0 Å². The molecule has 0 N–H and O–H groups in total. The fourth-order valence-electron chi connectivity index (χ4n) is 3.47. The molecule has 0 aliphatic heterocycles. The molecule has 21 heavy (non-hydrogen) atoms. The Morgan fingerprint density at radius 3 is 2.71 bits per heavy atom. The SMILES string of the molecule is c1cc2c3c(cccc3c1)-c1ncc3ncccc3c1C2. The Kier molecular flexibility index (Phi) is 2.03. The van der Waals surface area contributed by atoms with Gasteiger partial charge in [-0.3, -0.25) is 9.97 Å². The maximum absolute atomic E-state index is 4.71. The van der Waals surface area contributed by atoms with Crippen LogP contribution in [-0.2, 0) is 6.42 Å². The highest BCUT2D eigenvalue weighted by atomic mass is 14.7. The molecule has 2 heterocycles. The molecule has 0 amide bonds. The summed E-state index contributed by atoms with van der Waals surface area (Å²) in [5, 5.41) is 3.86. The van der Waals surface area contributed by atoms with Crippen molar-refractivity contribution < 1.29 is 0 Å². The first-order chi connectivity index (χ1) is 10.4. The molecule has 0 atom stereocenters. The van der Waals surface area contributed by atoms with Crippen LogP contribution in [0.5, 0.6) is 0 Å². The summed E-state index contributed by atoms with van der Waals surface area (Å²) in [4.78, 5) is 9.14. The molecule has 0 fully saturated rings. The summed E-state index contributed by atoms with van der Waals surface area (Å²) in [6.45, 7) is 0. The molecule has 2 aromatic heterocycles. The van der Waals surface area contributed by atoms with Crippen molar-refractivity contribution in [2.24, 2.45) is 0 Å². The van der Waals surface area contributed by atoms with Crippen molar-refractivity contribution in [1.29, 1.82) is 0 Å². The highest BCUT2D eigenvalue weighted by molar-refractivity contribution is 6.03. The van der Waals surface area contributed by atoms with Gasteiger partial charge in [0.05, 0.1) is 17.4 Å². The minimum absolute atomic E-state index is 0.930. The van der Waals surface area contributed by atoms with Crippen LogP contribution in [0, 0.1) is 0 Å². The number of rotatable bonds is 0. The third kappa shape index (κ3) is 1.42.